The van der Waals surface area contributed by atoms with Crippen molar-refractivity contribution in [1.82, 2.24) is 0 Å². The zero-order valence-electron chi connectivity index (χ0n) is 33.3. The van der Waals surface area contributed by atoms with Crippen molar-refractivity contribution >= 4 is 47.4 Å². The molecule has 0 amide bonds. The Hall–Kier alpha value is -5.76. The average molecular weight is 745 g/mol. The van der Waals surface area contributed by atoms with E-state index in [1.165, 1.54) is 31.4 Å². The molecule has 0 aromatic heterocycles. The summed E-state index contributed by atoms with van der Waals surface area (Å²) >= 11 is 0. The number of hydrogen-bond donors (Lipinski definition) is 0. The number of anilines is 2. The molecule has 0 unspecified atom stereocenters. The SMILES string of the molecule is C=C(C)OCC(=O)c1ccc(C(=O)OCCN(C)c2ccc(/C=C/c3cc(OC)c(/C=C/c4ccc(N(CCCC)CCCC)cc4)cc3OC)cc2)cc1. The molecule has 0 fully saturated rings. The summed E-state index contributed by atoms with van der Waals surface area (Å²) in [5, 5.41) is 0. The largest absolute Gasteiger partial charge is 0.496 e. The third kappa shape index (κ3) is 13.0. The second-order valence-corrected chi connectivity index (χ2v) is 13.4. The van der Waals surface area contributed by atoms with Gasteiger partial charge in [0.2, 0.25) is 0 Å². The first-order valence-corrected chi connectivity index (χ1v) is 19.0. The molecular formula is C47H56N2O6. The molecule has 4 aromatic carbocycles. The molecule has 0 atom stereocenters. The number of esters is 1. The highest BCUT2D eigenvalue weighted by Gasteiger charge is 2.12. The number of carbonyl (C=O) groups excluding carboxylic acids is 2. The molecule has 0 N–H and O–H groups in total. The second-order valence-electron chi connectivity index (χ2n) is 13.4. The van der Waals surface area contributed by atoms with E-state index in [0.29, 0.717) is 23.4 Å². The molecule has 0 spiro atoms. The van der Waals surface area contributed by atoms with Gasteiger partial charge in [0.15, 0.2) is 12.4 Å². The van der Waals surface area contributed by atoms with Crippen molar-refractivity contribution in [2.75, 3.05) is 63.9 Å². The fourth-order valence-electron chi connectivity index (χ4n) is 5.83. The summed E-state index contributed by atoms with van der Waals surface area (Å²) in [6.07, 6.45) is 13.0. The standard InChI is InChI=1S/C47H56N2O6/c1-8-10-28-49(29-11-9-2)43-26-16-37(17-27-43)13-19-41-33-45(52-6)40(32-46(41)53-7)18-12-36-14-24-42(25-15-36)48(5)30-31-54-47(51)39-22-20-38(21-23-39)44(50)34-55-35(3)4/h12-27,32-33H,3,8-11,28-31,34H2,1-2,4-7H3/b18-12+,19-13+. The Kier molecular flexibility index (Phi) is 16.7. The monoisotopic (exact) mass is 744 g/mol. The molecule has 0 saturated heterocycles. The Morgan fingerprint density at radius 2 is 1.15 bits per heavy atom. The fraction of sp³-hybridized carbons (Fsp3) is 0.319. The van der Waals surface area contributed by atoms with Crippen molar-refractivity contribution in [1.29, 1.82) is 0 Å². The lowest BCUT2D eigenvalue weighted by Crippen LogP contribution is -2.25. The van der Waals surface area contributed by atoms with E-state index < -0.39 is 5.97 Å². The Labute approximate surface area is 327 Å². The minimum Gasteiger partial charge on any atom is -0.496 e. The van der Waals surface area contributed by atoms with Crippen molar-refractivity contribution in [3.8, 4) is 11.5 Å². The first-order chi connectivity index (χ1) is 26.6. The number of Topliss-reactive ketones (excluding diaryl/α,β-unsaturated/α-hetero) is 1. The molecule has 55 heavy (non-hydrogen) atoms. The van der Waals surface area contributed by atoms with Crippen molar-refractivity contribution in [3.63, 3.8) is 0 Å². The van der Waals surface area contributed by atoms with E-state index in [0.717, 1.165) is 52.5 Å². The molecule has 0 saturated carbocycles. The zero-order chi connectivity index (χ0) is 39.6. The van der Waals surface area contributed by atoms with Gasteiger partial charge >= 0.3 is 5.97 Å². The van der Waals surface area contributed by atoms with Gasteiger partial charge in [-0.25, -0.2) is 4.79 Å². The lowest BCUT2D eigenvalue weighted by Gasteiger charge is -2.24. The van der Waals surface area contributed by atoms with Gasteiger partial charge in [-0.15, -0.1) is 0 Å². The smallest absolute Gasteiger partial charge is 0.338 e. The van der Waals surface area contributed by atoms with Gasteiger partial charge in [-0.1, -0.05) is 94.0 Å². The Morgan fingerprint density at radius 1 is 0.655 bits per heavy atom. The van der Waals surface area contributed by atoms with E-state index in [1.54, 1.807) is 45.4 Å². The number of unbranched alkanes of at least 4 members (excludes halogenated alkanes) is 2. The fourth-order valence-corrected chi connectivity index (χ4v) is 5.83. The maximum absolute atomic E-state index is 12.6. The molecule has 0 aliphatic carbocycles. The van der Waals surface area contributed by atoms with Crippen LogP contribution in [0.4, 0.5) is 11.4 Å². The maximum atomic E-state index is 12.6. The highest BCUT2D eigenvalue weighted by molar-refractivity contribution is 5.98. The second kappa shape index (κ2) is 21.8. The van der Waals surface area contributed by atoms with Crippen LogP contribution in [0.15, 0.2) is 97.3 Å². The van der Waals surface area contributed by atoms with Crippen molar-refractivity contribution in [2.45, 2.75) is 46.5 Å². The highest BCUT2D eigenvalue weighted by atomic mass is 16.5. The van der Waals surface area contributed by atoms with E-state index in [9.17, 15) is 9.59 Å². The third-order valence-electron chi connectivity index (χ3n) is 9.20. The van der Waals surface area contributed by atoms with E-state index in [2.05, 4.69) is 61.7 Å². The van der Waals surface area contributed by atoms with Gasteiger partial charge in [0.1, 0.15) is 18.1 Å². The summed E-state index contributed by atoms with van der Waals surface area (Å²) < 4.78 is 22.3. The number of carbonyl (C=O) groups is 2. The van der Waals surface area contributed by atoms with Gasteiger partial charge in [0.25, 0.3) is 0 Å². The highest BCUT2D eigenvalue weighted by Crippen LogP contribution is 2.32. The lowest BCUT2D eigenvalue weighted by atomic mass is 10.0. The van der Waals surface area contributed by atoms with Gasteiger partial charge in [-0.2, -0.15) is 0 Å². The molecule has 8 nitrogen and oxygen atoms in total. The molecule has 4 rings (SSSR count). The minimum atomic E-state index is -0.445. The molecule has 8 heteroatoms. The predicted octanol–water partition coefficient (Wildman–Crippen LogP) is 10.5. The number of rotatable bonds is 22. The summed E-state index contributed by atoms with van der Waals surface area (Å²) in [6, 6.07) is 27.3. The molecule has 0 aliphatic heterocycles. The van der Waals surface area contributed by atoms with Crippen molar-refractivity contribution in [2.24, 2.45) is 0 Å². The number of benzene rings is 4. The van der Waals surface area contributed by atoms with Crippen LogP contribution in [0.1, 0.15) is 89.4 Å². The Bertz CT molecular complexity index is 1890. The van der Waals surface area contributed by atoms with Crippen LogP contribution >= 0.6 is 0 Å². The summed E-state index contributed by atoms with van der Waals surface area (Å²) in [5.41, 5.74) is 7.08. The van der Waals surface area contributed by atoms with E-state index in [4.69, 9.17) is 18.9 Å². The predicted molar refractivity (Wildman–Crippen MR) is 227 cm³/mol. The van der Waals surface area contributed by atoms with Crippen LogP contribution in [0.5, 0.6) is 11.5 Å². The van der Waals surface area contributed by atoms with Crippen LogP contribution < -0.4 is 19.3 Å². The van der Waals surface area contributed by atoms with E-state index in [1.807, 2.05) is 60.5 Å². The topological polar surface area (TPSA) is 77.5 Å². The first kappa shape index (κ1) is 42.0. The summed E-state index contributed by atoms with van der Waals surface area (Å²) in [4.78, 5) is 29.3. The van der Waals surface area contributed by atoms with Crippen molar-refractivity contribution in [3.05, 3.63) is 131 Å². The van der Waals surface area contributed by atoms with Gasteiger partial charge in [0.05, 0.1) is 32.1 Å². The van der Waals surface area contributed by atoms with Gasteiger partial charge in [0, 0.05) is 48.2 Å². The maximum Gasteiger partial charge on any atom is 0.338 e. The van der Waals surface area contributed by atoms with Gasteiger partial charge < -0.3 is 28.7 Å². The minimum absolute atomic E-state index is 0.0900. The Morgan fingerprint density at radius 3 is 1.62 bits per heavy atom. The van der Waals surface area contributed by atoms with E-state index in [-0.39, 0.29) is 19.0 Å². The van der Waals surface area contributed by atoms with Crippen LogP contribution in [0.2, 0.25) is 0 Å². The molecule has 0 aliphatic rings. The van der Waals surface area contributed by atoms with Crippen LogP contribution in [-0.4, -0.2) is 65.9 Å². The lowest BCUT2D eigenvalue weighted by molar-refractivity contribution is 0.0515. The summed E-state index contributed by atoms with van der Waals surface area (Å²) in [5.74, 6) is 1.35. The number of ether oxygens (including phenoxy) is 4. The molecule has 0 bridgehead atoms. The van der Waals surface area contributed by atoms with E-state index >= 15 is 0 Å². The van der Waals surface area contributed by atoms with Crippen LogP contribution in [0.25, 0.3) is 24.3 Å². The molecular weight excluding hydrogens is 689 g/mol. The number of methoxy groups -OCH3 is 2. The number of nitrogens with zero attached hydrogens (tertiary/aromatic N) is 2. The quantitative estimate of drug-likeness (QED) is 0.0341. The van der Waals surface area contributed by atoms with Crippen molar-refractivity contribution < 1.29 is 28.5 Å². The number of allylic oxidation sites excluding steroid dienone is 1. The summed E-state index contributed by atoms with van der Waals surface area (Å²) in [7, 11) is 5.31. The molecule has 0 radical (unpaired) electrons. The zero-order valence-corrected chi connectivity index (χ0v) is 33.3. The summed E-state index contributed by atoms with van der Waals surface area (Å²) in [6.45, 7) is 12.6. The molecule has 4 aromatic rings. The first-order valence-electron chi connectivity index (χ1n) is 19.0. The van der Waals surface area contributed by atoms with Crippen LogP contribution in [-0.2, 0) is 9.47 Å². The van der Waals surface area contributed by atoms with Gasteiger partial charge in [-0.05, 0) is 79.4 Å². The third-order valence-corrected chi connectivity index (χ3v) is 9.20. The number of ketones is 1. The molecule has 0 heterocycles. The normalized spacial score (nSPS) is 11.1. The average Bonchev–Trinajstić information content (AvgIpc) is 3.21. The van der Waals surface area contributed by atoms with Crippen LogP contribution in [0, 0.1) is 0 Å². The number of likely N-dealkylation sites (N-methyl/N-ethyl adjacent to an activating group) is 1. The molecule has 290 valence electrons. The van der Waals surface area contributed by atoms with Crippen LogP contribution in [0.3, 0.4) is 0 Å². The Balaban J connectivity index is 1.33. The van der Waals surface area contributed by atoms with Gasteiger partial charge in [-0.3, -0.25) is 4.79 Å². The number of hydrogen-bond acceptors (Lipinski definition) is 8.